The molecule has 2 atom stereocenters. The number of benzene rings is 1. The third kappa shape index (κ3) is 4.30. The summed E-state index contributed by atoms with van der Waals surface area (Å²) in [4.78, 5) is 16.6. The molecule has 0 spiro atoms. The van der Waals surface area contributed by atoms with Crippen LogP contribution in [0.1, 0.15) is 37.3 Å². The Morgan fingerprint density at radius 3 is 2.67 bits per heavy atom. The lowest BCUT2D eigenvalue weighted by atomic mass is 9.95. The zero-order valence-electron chi connectivity index (χ0n) is 20.9. The molecule has 2 aliphatic rings. The Hall–Kier alpha value is -3.52. The van der Waals surface area contributed by atoms with Crippen LogP contribution in [-0.2, 0) is 0 Å². The number of anilines is 2. The Morgan fingerprint density at radius 1 is 0.944 bits per heavy atom. The zero-order chi connectivity index (χ0) is 24.6. The predicted octanol–water partition coefficient (Wildman–Crippen LogP) is 4.80. The van der Waals surface area contributed by atoms with Gasteiger partial charge in [0.25, 0.3) is 0 Å². The molecule has 0 aliphatic carbocycles. The van der Waals surface area contributed by atoms with Gasteiger partial charge in [-0.25, -0.2) is 18.9 Å². The molecule has 0 N–H and O–H groups in total. The third-order valence-corrected chi connectivity index (χ3v) is 7.59. The van der Waals surface area contributed by atoms with Gasteiger partial charge in [0.15, 0.2) is 5.65 Å². The van der Waals surface area contributed by atoms with Crippen LogP contribution in [0.2, 0.25) is 0 Å². The van der Waals surface area contributed by atoms with Gasteiger partial charge in [-0.15, -0.1) is 5.10 Å². The lowest BCUT2D eigenvalue weighted by Crippen LogP contribution is -2.34. The minimum absolute atomic E-state index is 0.104. The van der Waals surface area contributed by atoms with Gasteiger partial charge in [-0.1, -0.05) is 18.2 Å². The predicted molar refractivity (Wildman–Crippen MR) is 141 cm³/mol. The second kappa shape index (κ2) is 9.50. The second-order valence-electron chi connectivity index (χ2n) is 10.1. The maximum absolute atomic E-state index is 14.0. The van der Waals surface area contributed by atoms with Crippen LogP contribution in [0.25, 0.3) is 17.0 Å². The molecule has 0 amide bonds. The molecule has 2 fully saturated rings. The Balaban J connectivity index is 1.33. The largest absolute Gasteiger partial charge is 0.355 e. The Morgan fingerprint density at radius 2 is 1.83 bits per heavy atom. The van der Waals surface area contributed by atoms with E-state index in [0.29, 0.717) is 6.04 Å². The summed E-state index contributed by atoms with van der Waals surface area (Å²) in [6, 6.07) is 17.8. The number of halogens is 1. The Bertz CT molecular complexity index is 1370. The highest BCUT2D eigenvalue weighted by Crippen LogP contribution is 2.35. The Kier molecular flexibility index (Phi) is 6.05. The highest BCUT2D eigenvalue weighted by molar-refractivity contribution is 5.62. The molecule has 0 radical (unpaired) electrons. The van der Waals surface area contributed by atoms with E-state index in [4.69, 9.17) is 10.1 Å². The molecule has 1 unspecified atom stereocenters. The average molecular weight is 486 g/mol. The number of imidazole rings is 1. The molecule has 0 bridgehead atoms. The molecule has 6 rings (SSSR count). The summed E-state index contributed by atoms with van der Waals surface area (Å²) in [7, 11) is 4.28. The molecule has 36 heavy (non-hydrogen) atoms. The monoisotopic (exact) mass is 485 g/mol. The van der Waals surface area contributed by atoms with E-state index in [1.807, 2.05) is 35.0 Å². The first kappa shape index (κ1) is 22.9. The van der Waals surface area contributed by atoms with Crippen molar-refractivity contribution in [1.82, 2.24) is 24.5 Å². The van der Waals surface area contributed by atoms with Crippen LogP contribution in [0.5, 0.6) is 0 Å². The van der Waals surface area contributed by atoms with Crippen LogP contribution < -0.4 is 9.80 Å². The van der Waals surface area contributed by atoms with E-state index < -0.39 is 0 Å². The summed E-state index contributed by atoms with van der Waals surface area (Å²) in [5.41, 5.74) is 3.52. The number of fused-ring (bicyclic) bond motifs is 1. The first-order valence-corrected chi connectivity index (χ1v) is 12.8. The first-order chi connectivity index (χ1) is 17.6. The molecule has 2 saturated heterocycles. The summed E-state index contributed by atoms with van der Waals surface area (Å²) in [5, 5.41) is 5.02. The van der Waals surface area contributed by atoms with Gasteiger partial charge >= 0.3 is 0 Å². The topological polar surface area (TPSA) is 52.8 Å². The van der Waals surface area contributed by atoms with Gasteiger partial charge in [-0.3, -0.25) is 0 Å². The standard InChI is InChI=1S/C28H32FN7/c1-33(2)22-14-16-34(19-22)27-11-6-9-23(31-27)25-18-30-26-12-13-28(32-36(25)26)35-15-4-3-10-24(35)20-7-5-8-21(29)17-20/h5-9,11-13,17-18,22,24H,3-4,10,14-16,19H2,1-2H3/t22-,24?/m0/s1. The van der Waals surface area contributed by atoms with Gasteiger partial charge in [0.05, 0.1) is 17.9 Å². The van der Waals surface area contributed by atoms with Crippen LogP contribution in [0, 0.1) is 5.82 Å². The SMILES string of the molecule is CN(C)[C@H]1CCN(c2cccc(-c3cnc4ccc(N5CCCCC5c5cccc(F)c5)nn34)n2)C1. The van der Waals surface area contributed by atoms with Crippen molar-refractivity contribution in [3.05, 3.63) is 72.2 Å². The number of aromatic nitrogens is 4. The number of hydrogen-bond donors (Lipinski definition) is 0. The van der Waals surface area contributed by atoms with Crippen molar-refractivity contribution in [3.8, 4) is 11.4 Å². The highest BCUT2D eigenvalue weighted by atomic mass is 19.1. The van der Waals surface area contributed by atoms with E-state index in [0.717, 1.165) is 79.6 Å². The summed E-state index contributed by atoms with van der Waals surface area (Å²) < 4.78 is 15.9. The molecule has 0 saturated carbocycles. The van der Waals surface area contributed by atoms with Crippen LogP contribution in [0.15, 0.2) is 60.8 Å². The van der Waals surface area contributed by atoms with E-state index in [1.54, 1.807) is 12.1 Å². The van der Waals surface area contributed by atoms with Crippen molar-refractivity contribution in [2.24, 2.45) is 0 Å². The van der Waals surface area contributed by atoms with E-state index in [1.165, 1.54) is 6.07 Å². The first-order valence-electron chi connectivity index (χ1n) is 12.8. The fourth-order valence-corrected chi connectivity index (χ4v) is 5.57. The summed E-state index contributed by atoms with van der Waals surface area (Å²) in [6.45, 7) is 2.88. The van der Waals surface area contributed by atoms with Gasteiger partial charge in [0.1, 0.15) is 23.1 Å². The van der Waals surface area contributed by atoms with Crippen molar-refractivity contribution in [2.45, 2.75) is 37.8 Å². The number of piperidine rings is 1. The zero-order valence-corrected chi connectivity index (χ0v) is 20.9. The van der Waals surface area contributed by atoms with Gasteiger partial charge < -0.3 is 14.7 Å². The molecule has 4 aromatic rings. The number of nitrogens with zero attached hydrogens (tertiary/aromatic N) is 7. The molecule has 5 heterocycles. The summed E-state index contributed by atoms with van der Waals surface area (Å²) in [6.07, 6.45) is 6.19. The lowest BCUT2D eigenvalue weighted by molar-refractivity contribution is 0.315. The van der Waals surface area contributed by atoms with Gasteiger partial charge in [-0.2, -0.15) is 0 Å². The van der Waals surface area contributed by atoms with E-state index in [2.05, 4.69) is 45.9 Å². The number of rotatable bonds is 5. The van der Waals surface area contributed by atoms with Gasteiger partial charge in [0.2, 0.25) is 0 Å². The second-order valence-corrected chi connectivity index (χ2v) is 10.1. The smallest absolute Gasteiger partial charge is 0.154 e. The summed E-state index contributed by atoms with van der Waals surface area (Å²) >= 11 is 0. The molecule has 1 aromatic carbocycles. The maximum atomic E-state index is 14.0. The number of likely N-dealkylation sites (N-methyl/N-ethyl adjacent to an activating group) is 1. The number of pyridine rings is 1. The van der Waals surface area contributed by atoms with Crippen molar-refractivity contribution in [2.75, 3.05) is 43.5 Å². The van der Waals surface area contributed by atoms with Crippen molar-refractivity contribution < 1.29 is 4.39 Å². The highest BCUT2D eigenvalue weighted by Gasteiger charge is 2.27. The fraction of sp³-hybridized carbons (Fsp3) is 0.393. The van der Waals surface area contributed by atoms with E-state index in [9.17, 15) is 4.39 Å². The van der Waals surface area contributed by atoms with E-state index >= 15 is 0 Å². The quantitative estimate of drug-likeness (QED) is 0.405. The van der Waals surface area contributed by atoms with E-state index in [-0.39, 0.29) is 11.9 Å². The molecular weight excluding hydrogens is 453 g/mol. The fourth-order valence-electron chi connectivity index (χ4n) is 5.57. The van der Waals surface area contributed by atoms with Crippen molar-refractivity contribution in [3.63, 3.8) is 0 Å². The van der Waals surface area contributed by atoms with Crippen LogP contribution in [0.4, 0.5) is 16.0 Å². The van der Waals surface area contributed by atoms with Crippen LogP contribution >= 0.6 is 0 Å². The molecule has 2 aliphatic heterocycles. The maximum Gasteiger partial charge on any atom is 0.154 e. The van der Waals surface area contributed by atoms with Crippen LogP contribution in [0.3, 0.4) is 0 Å². The molecule has 3 aromatic heterocycles. The van der Waals surface area contributed by atoms with Crippen LogP contribution in [-0.4, -0.2) is 64.3 Å². The average Bonchev–Trinajstić information content (AvgIpc) is 3.56. The molecule has 186 valence electrons. The summed E-state index contributed by atoms with van der Waals surface area (Å²) in [5.74, 6) is 1.67. The Labute approximate surface area is 211 Å². The minimum Gasteiger partial charge on any atom is -0.355 e. The normalized spacial score (nSPS) is 20.6. The minimum atomic E-state index is -0.195. The van der Waals surface area contributed by atoms with Crippen molar-refractivity contribution >= 4 is 17.3 Å². The molecule has 7 nitrogen and oxygen atoms in total. The molecule has 8 heteroatoms. The third-order valence-electron chi connectivity index (χ3n) is 7.59. The van der Waals surface area contributed by atoms with Crippen molar-refractivity contribution in [1.29, 1.82) is 0 Å². The number of hydrogen-bond acceptors (Lipinski definition) is 6. The molecular formula is C28H32FN7. The van der Waals surface area contributed by atoms with Gasteiger partial charge in [-0.05, 0) is 81.7 Å². The van der Waals surface area contributed by atoms with Gasteiger partial charge in [0, 0.05) is 25.7 Å². The lowest BCUT2D eigenvalue weighted by Gasteiger charge is -2.37.